The number of morpholine rings is 1. The molecule has 0 bridgehead atoms. The summed E-state index contributed by atoms with van der Waals surface area (Å²) >= 11 is 0. The Morgan fingerprint density at radius 1 is 0.969 bits per heavy atom. The van der Waals surface area contributed by atoms with Crippen LogP contribution in [0, 0.1) is 0 Å². The zero-order valence-electron chi connectivity index (χ0n) is 18.0. The third kappa shape index (κ3) is 5.90. The number of hydrogen-bond donors (Lipinski definition) is 1. The summed E-state index contributed by atoms with van der Waals surface area (Å²) in [7, 11) is -3.54. The number of sulfonamides is 1. The van der Waals surface area contributed by atoms with Gasteiger partial charge in [0.2, 0.25) is 15.9 Å². The number of amides is 1. The first-order valence-corrected chi connectivity index (χ1v) is 12.3. The van der Waals surface area contributed by atoms with Gasteiger partial charge in [-0.1, -0.05) is 12.1 Å². The molecule has 10 heteroatoms. The van der Waals surface area contributed by atoms with Crippen molar-refractivity contribution in [1.29, 1.82) is 0 Å². The lowest BCUT2D eigenvalue weighted by atomic mass is 10.2. The van der Waals surface area contributed by atoms with Crippen molar-refractivity contribution in [2.45, 2.75) is 11.4 Å². The number of anilines is 1. The molecule has 0 saturated carbocycles. The van der Waals surface area contributed by atoms with E-state index in [1.807, 2.05) is 29.2 Å². The first-order chi connectivity index (χ1) is 15.5. The second kappa shape index (κ2) is 10.5. The topological polar surface area (TPSA) is 95.1 Å². The van der Waals surface area contributed by atoms with Crippen molar-refractivity contribution in [3.05, 3.63) is 54.4 Å². The number of carbonyl (C=O) groups is 1. The number of rotatable bonds is 7. The van der Waals surface area contributed by atoms with E-state index in [1.54, 1.807) is 18.3 Å². The van der Waals surface area contributed by atoms with Gasteiger partial charge in [-0.2, -0.15) is 4.31 Å². The summed E-state index contributed by atoms with van der Waals surface area (Å²) in [5.74, 6) is -0.102. The summed E-state index contributed by atoms with van der Waals surface area (Å²) in [5, 5.41) is 2.93. The van der Waals surface area contributed by atoms with E-state index in [4.69, 9.17) is 4.74 Å². The van der Waals surface area contributed by atoms with Crippen LogP contribution < -0.4 is 5.32 Å². The molecule has 3 heterocycles. The molecule has 0 atom stereocenters. The molecule has 2 fully saturated rings. The molecule has 1 amide bonds. The van der Waals surface area contributed by atoms with Crippen LogP contribution >= 0.6 is 0 Å². The second-order valence-electron chi connectivity index (χ2n) is 8.00. The lowest BCUT2D eigenvalue weighted by Gasteiger charge is -2.33. The van der Waals surface area contributed by atoms with E-state index in [9.17, 15) is 13.2 Å². The van der Waals surface area contributed by atoms with Crippen molar-refractivity contribution < 1.29 is 17.9 Å². The van der Waals surface area contributed by atoms with Gasteiger partial charge in [0, 0.05) is 63.9 Å². The molecule has 1 aromatic heterocycles. The Morgan fingerprint density at radius 2 is 1.69 bits per heavy atom. The summed E-state index contributed by atoms with van der Waals surface area (Å²) < 4.78 is 32.2. The monoisotopic (exact) mass is 459 g/mol. The van der Waals surface area contributed by atoms with Crippen molar-refractivity contribution in [1.82, 2.24) is 19.1 Å². The van der Waals surface area contributed by atoms with Crippen LogP contribution in [0.4, 0.5) is 5.69 Å². The highest BCUT2D eigenvalue weighted by atomic mass is 32.2. The minimum atomic E-state index is -3.54. The maximum atomic E-state index is 12.7. The zero-order valence-corrected chi connectivity index (χ0v) is 18.8. The summed E-state index contributed by atoms with van der Waals surface area (Å²) in [6, 6.07) is 11.1. The molecule has 2 saturated heterocycles. The highest BCUT2D eigenvalue weighted by Crippen LogP contribution is 2.17. The number of aromatic nitrogens is 1. The second-order valence-corrected chi connectivity index (χ2v) is 9.94. The normalized spacial score (nSPS) is 19.0. The number of nitrogens with one attached hydrogen (secondary N) is 1. The molecule has 2 aliphatic rings. The molecule has 32 heavy (non-hydrogen) atoms. The average molecular weight is 460 g/mol. The van der Waals surface area contributed by atoms with Gasteiger partial charge in [-0.25, -0.2) is 8.42 Å². The predicted molar refractivity (Wildman–Crippen MR) is 121 cm³/mol. The molecule has 172 valence electrons. The van der Waals surface area contributed by atoms with Gasteiger partial charge < -0.3 is 10.1 Å². The molecular formula is C22H29N5O4S. The number of piperazine rings is 1. The number of hydrogen-bond acceptors (Lipinski definition) is 7. The third-order valence-electron chi connectivity index (χ3n) is 5.72. The van der Waals surface area contributed by atoms with Gasteiger partial charge in [0.15, 0.2) is 0 Å². The first kappa shape index (κ1) is 22.8. The van der Waals surface area contributed by atoms with Gasteiger partial charge in [0.25, 0.3) is 0 Å². The van der Waals surface area contributed by atoms with Crippen molar-refractivity contribution in [2.24, 2.45) is 0 Å². The van der Waals surface area contributed by atoms with Gasteiger partial charge in [0.05, 0.1) is 19.8 Å². The van der Waals surface area contributed by atoms with Crippen LogP contribution in [0.3, 0.4) is 0 Å². The standard InChI is InChI=1S/C22H29N5O4S/c28-22(24-20-5-3-19(4-6-20)17-26-12-14-31-15-13-26)18-25-8-10-27(11-9-25)32(29,30)21-2-1-7-23-16-21/h1-7,16H,8-15,17-18H2,(H,24,28). The van der Waals surface area contributed by atoms with E-state index in [-0.39, 0.29) is 17.3 Å². The average Bonchev–Trinajstić information content (AvgIpc) is 2.82. The molecular weight excluding hydrogens is 430 g/mol. The van der Waals surface area contributed by atoms with Crippen molar-refractivity contribution in [3.8, 4) is 0 Å². The van der Waals surface area contributed by atoms with Crippen LogP contribution in [0.25, 0.3) is 0 Å². The maximum absolute atomic E-state index is 12.7. The van der Waals surface area contributed by atoms with Crippen LogP contribution in [0.2, 0.25) is 0 Å². The summed E-state index contributed by atoms with van der Waals surface area (Å²) in [4.78, 5) is 20.9. The molecule has 0 radical (unpaired) electrons. The van der Waals surface area contributed by atoms with Crippen LogP contribution in [0.15, 0.2) is 53.7 Å². The van der Waals surface area contributed by atoms with Crippen LogP contribution in [0.5, 0.6) is 0 Å². The number of carbonyl (C=O) groups excluding carboxylic acids is 1. The van der Waals surface area contributed by atoms with Gasteiger partial charge in [-0.3, -0.25) is 19.6 Å². The lowest BCUT2D eigenvalue weighted by molar-refractivity contribution is -0.117. The van der Waals surface area contributed by atoms with Gasteiger partial charge in [-0.05, 0) is 29.8 Å². The lowest BCUT2D eigenvalue weighted by Crippen LogP contribution is -2.50. The van der Waals surface area contributed by atoms with Crippen molar-refractivity contribution >= 4 is 21.6 Å². The maximum Gasteiger partial charge on any atom is 0.244 e. The van der Waals surface area contributed by atoms with Gasteiger partial charge in [0.1, 0.15) is 4.90 Å². The van der Waals surface area contributed by atoms with E-state index in [0.29, 0.717) is 26.2 Å². The molecule has 9 nitrogen and oxygen atoms in total. The molecule has 1 aromatic carbocycles. The van der Waals surface area contributed by atoms with Gasteiger partial charge >= 0.3 is 0 Å². The van der Waals surface area contributed by atoms with Gasteiger partial charge in [-0.15, -0.1) is 0 Å². The largest absolute Gasteiger partial charge is 0.379 e. The molecule has 0 aliphatic carbocycles. The fraction of sp³-hybridized carbons (Fsp3) is 0.455. The first-order valence-electron chi connectivity index (χ1n) is 10.8. The summed E-state index contributed by atoms with van der Waals surface area (Å²) in [6.45, 7) is 6.25. The van der Waals surface area contributed by atoms with E-state index < -0.39 is 10.0 Å². The quantitative estimate of drug-likeness (QED) is 0.656. The Bertz CT molecular complexity index is 987. The van der Waals surface area contributed by atoms with Crippen LogP contribution in [-0.4, -0.2) is 92.4 Å². The molecule has 0 unspecified atom stereocenters. The summed E-state index contributed by atoms with van der Waals surface area (Å²) in [6.07, 6.45) is 2.91. The Hall–Kier alpha value is -2.37. The van der Waals surface area contributed by atoms with E-state index >= 15 is 0 Å². The smallest absolute Gasteiger partial charge is 0.244 e. The fourth-order valence-electron chi connectivity index (χ4n) is 3.89. The number of pyridine rings is 1. The Morgan fingerprint density at radius 3 is 2.34 bits per heavy atom. The summed E-state index contributed by atoms with van der Waals surface area (Å²) in [5.41, 5.74) is 1.97. The van der Waals surface area contributed by atoms with Crippen molar-refractivity contribution in [3.63, 3.8) is 0 Å². The highest BCUT2D eigenvalue weighted by molar-refractivity contribution is 7.89. The SMILES string of the molecule is O=C(CN1CCN(S(=O)(=O)c2cccnc2)CC1)Nc1ccc(CN2CCOCC2)cc1. The predicted octanol–water partition coefficient (Wildman–Crippen LogP) is 0.859. The minimum absolute atomic E-state index is 0.102. The molecule has 2 aromatic rings. The van der Waals surface area contributed by atoms with Crippen LogP contribution in [-0.2, 0) is 26.1 Å². The third-order valence-corrected chi connectivity index (χ3v) is 7.60. The fourth-order valence-corrected chi connectivity index (χ4v) is 5.28. The molecule has 4 rings (SSSR count). The number of ether oxygens (including phenoxy) is 1. The molecule has 1 N–H and O–H groups in total. The highest BCUT2D eigenvalue weighted by Gasteiger charge is 2.29. The van der Waals surface area contributed by atoms with Crippen molar-refractivity contribution in [2.75, 3.05) is 64.3 Å². The van der Waals surface area contributed by atoms with Crippen LogP contribution in [0.1, 0.15) is 5.56 Å². The molecule has 0 spiro atoms. The van der Waals surface area contributed by atoms with E-state index in [1.165, 1.54) is 16.1 Å². The zero-order chi connectivity index (χ0) is 22.4. The minimum Gasteiger partial charge on any atom is -0.379 e. The Labute approximate surface area is 189 Å². The Balaban J connectivity index is 1.23. The number of nitrogens with zero attached hydrogens (tertiary/aromatic N) is 4. The molecule has 2 aliphatic heterocycles. The number of benzene rings is 1. The van der Waals surface area contributed by atoms with E-state index in [0.717, 1.165) is 38.5 Å². The van der Waals surface area contributed by atoms with E-state index in [2.05, 4.69) is 15.2 Å². The Kier molecular flexibility index (Phi) is 7.48.